The van der Waals surface area contributed by atoms with Crippen molar-refractivity contribution in [3.8, 4) is 5.06 Å². The number of thiophene rings is 1. The van der Waals surface area contributed by atoms with Crippen molar-refractivity contribution in [3.63, 3.8) is 0 Å². The van der Waals surface area contributed by atoms with Gasteiger partial charge in [-0.25, -0.2) is 0 Å². The number of hydrogen-bond acceptors (Lipinski definition) is 3. The van der Waals surface area contributed by atoms with Crippen LogP contribution in [0, 0.1) is 0 Å². The number of ether oxygens (including phenoxy) is 1. The normalized spacial score (nSPS) is 10.5. The molecular formula is C18H14O2S. The van der Waals surface area contributed by atoms with Gasteiger partial charge in [0.2, 0.25) is 0 Å². The highest BCUT2D eigenvalue weighted by molar-refractivity contribution is 7.11. The minimum Gasteiger partial charge on any atom is -0.415 e. The maximum absolute atomic E-state index is 12.6. The van der Waals surface area contributed by atoms with E-state index in [-0.39, 0.29) is 5.97 Å². The topological polar surface area (TPSA) is 26.3 Å². The maximum atomic E-state index is 12.6. The van der Waals surface area contributed by atoms with Gasteiger partial charge in [0, 0.05) is 0 Å². The summed E-state index contributed by atoms with van der Waals surface area (Å²) in [5, 5.41) is 2.51. The van der Waals surface area contributed by atoms with E-state index in [1.807, 2.05) is 72.1 Å². The Balaban J connectivity index is 1.95. The predicted molar refractivity (Wildman–Crippen MR) is 84.7 cm³/mol. The highest BCUT2D eigenvalue weighted by atomic mass is 32.1. The van der Waals surface area contributed by atoms with Gasteiger partial charge in [0.25, 0.3) is 0 Å². The van der Waals surface area contributed by atoms with Crippen molar-refractivity contribution in [2.45, 2.75) is 5.92 Å². The molecule has 0 atom stereocenters. The Labute approximate surface area is 127 Å². The van der Waals surface area contributed by atoms with E-state index in [1.54, 1.807) is 6.07 Å². The molecule has 3 heteroatoms. The molecule has 2 nitrogen and oxygen atoms in total. The first-order valence-electron chi connectivity index (χ1n) is 6.69. The van der Waals surface area contributed by atoms with E-state index in [0.29, 0.717) is 5.06 Å². The van der Waals surface area contributed by atoms with Crippen molar-refractivity contribution >= 4 is 17.3 Å². The third-order valence-corrected chi connectivity index (χ3v) is 3.94. The fourth-order valence-electron chi connectivity index (χ4n) is 2.24. The molecule has 0 saturated heterocycles. The molecule has 1 aromatic heterocycles. The standard InChI is InChI=1S/C18H14O2S/c19-18(20-16-12-7-13-21-16)17(14-8-3-1-4-9-14)15-10-5-2-6-11-15/h1-13,17H. The summed E-state index contributed by atoms with van der Waals surface area (Å²) in [5.74, 6) is -0.663. The lowest BCUT2D eigenvalue weighted by molar-refractivity contribution is -0.134. The van der Waals surface area contributed by atoms with E-state index in [0.717, 1.165) is 11.1 Å². The Morgan fingerprint density at radius 3 is 1.86 bits per heavy atom. The summed E-state index contributed by atoms with van der Waals surface area (Å²) in [6.07, 6.45) is 0. The van der Waals surface area contributed by atoms with Crippen LogP contribution in [-0.2, 0) is 4.79 Å². The third kappa shape index (κ3) is 3.20. The molecule has 0 amide bonds. The summed E-state index contributed by atoms with van der Waals surface area (Å²) in [5.41, 5.74) is 1.87. The number of esters is 1. The van der Waals surface area contributed by atoms with Crippen molar-refractivity contribution < 1.29 is 9.53 Å². The SMILES string of the molecule is O=C(Oc1cccs1)C(c1ccccc1)c1ccccc1. The van der Waals surface area contributed by atoms with Crippen LogP contribution in [-0.4, -0.2) is 5.97 Å². The molecule has 1 heterocycles. The van der Waals surface area contributed by atoms with Crippen LogP contribution in [0.4, 0.5) is 0 Å². The van der Waals surface area contributed by atoms with Gasteiger partial charge < -0.3 is 4.74 Å². The van der Waals surface area contributed by atoms with Crippen LogP contribution in [0.5, 0.6) is 5.06 Å². The predicted octanol–water partition coefficient (Wildman–Crippen LogP) is 4.49. The van der Waals surface area contributed by atoms with Gasteiger partial charge in [0.1, 0.15) is 5.92 Å². The summed E-state index contributed by atoms with van der Waals surface area (Å²) in [4.78, 5) is 12.6. The second-order valence-corrected chi connectivity index (χ2v) is 5.52. The highest BCUT2D eigenvalue weighted by Gasteiger charge is 2.24. The minimum absolute atomic E-state index is 0.255. The van der Waals surface area contributed by atoms with Gasteiger partial charge in [-0.05, 0) is 28.6 Å². The van der Waals surface area contributed by atoms with E-state index >= 15 is 0 Å². The second-order valence-electron chi connectivity index (χ2n) is 4.61. The molecule has 0 aliphatic carbocycles. The van der Waals surface area contributed by atoms with E-state index in [2.05, 4.69) is 0 Å². The van der Waals surface area contributed by atoms with E-state index in [1.165, 1.54) is 11.3 Å². The smallest absolute Gasteiger partial charge is 0.324 e. The Morgan fingerprint density at radius 1 is 0.810 bits per heavy atom. The van der Waals surface area contributed by atoms with Crippen molar-refractivity contribution in [2.75, 3.05) is 0 Å². The number of carbonyl (C=O) groups excluding carboxylic acids is 1. The lowest BCUT2D eigenvalue weighted by Crippen LogP contribution is -2.19. The van der Waals surface area contributed by atoms with Gasteiger partial charge in [-0.1, -0.05) is 60.7 Å². The lowest BCUT2D eigenvalue weighted by atomic mass is 9.91. The molecule has 3 aromatic rings. The summed E-state index contributed by atoms with van der Waals surface area (Å²) < 4.78 is 5.50. The Kier molecular flexibility index (Phi) is 4.12. The van der Waals surface area contributed by atoms with Crippen LogP contribution in [0.15, 0.2) is 78.2 Å². The first kappa shape index (κ1) is 13.6. The molecule has 0 fully saturated rings. The number of rotatable bonds is 4. The summed E-state index contributed by atoms with van der Waals surface area (Å²) in [7, 11) is 0. The Morgan fingerprint density at radius 2 is 1.38 bits per heavy atom. The molecule has 21 heavy (non-hydrogen) atoms. The van der Waals surface area contributed by atoms with Crippen LogP contribution < -0.4 is 4.74 Å². The number of carbonyl (C=O) groups is 1. The van der Waals surface area contributed by atoms with Crippen LogP contribution in [0.25, 0.3) is 0 Å². The average molecular weight is 294 g/mol. The van der Waals surface area contributed by atoms with Crippen LogP contribution in [0.1, 0.15) is 17.0 Å². The quantitative estimate of drug-likeness (QED) is 0.663. The summed E-state index contributed by atoms with van der Waals surface area (Å²) >= 11 is 1.42. The third-order valence-electron chi connectivity index (χ3n) is 3.20. The molecular weight excluding hydrogens is 280 g/mol. The van der Waals surface area contributed by atoms with Crippen LogP contribution >= 0.6 is 11.3 Å². The fourth-order valence-corrected chi connectivity index (χ4v) is 2.81. The Hall–Kier alpha value is -2.39. The first-order chi connectivity index (χ1) is 10.3. The second kappa shape index (κ2) is 6.37. The summed E-state index contributed by atoms with van der Waals surface area (Å²) in [6, 6.07) is 23.1. The summed E-state index contributed by atoms with van der Waals surface area (Å²) in [6.45, 7) is 0. The molecule has 0 aliphatic heterocycles. The molecule has 2 aromatic carbocycles. The van der Waals surface area contributed by atoms with Gasteiger partial charge in [-0.15, -0.1) is 11.3 Å². The Bertz CT molecular complexity index is 651. The zero-order chi connectivity index (χ0) is 14.5. The molecule has 0 unspecified atom stereocenters. The van der Waals surface area contributed by atoms with Crippen molar-refractivity contribution in [3.05, 3.63) is 89.3 Å². The molecule has 3 rings (SSSR count). The van der Waals surface area contributed by atoms with Crippen LogP contribution in [0.2, 0.25) is 0 Å². The van der Waals surface area contributed by atoms with Gasteiger partial charge in [-0.3, -0.25) is 4.79 Å². The molecule has 0 N–H and O–H groups in total. The molecule has 0 spiro atoms. The number of benzene rings is 2. The highest BCUT2D eigenvalue weighted by Crippen LogP contribution is 2.28. The first-order valence-corrected chi connectivity index (χ1v) is 7.57. The average Bonchev–Trinajstić information content (AvgIpc) is 3.02. The van der Waals surface area contributed by atoms with E-state index in [4.69, 9.17) is 4.74 Å². The van der Waals surface area contributed by atoms with Gasteiger partial charge in [0.05, 0.1) is 0 Å². The lowest BCUT2D eigenvalue weighted by Gasteiger charge is -2.16. The molecule has 0 radical (unpaired) electrons. The minimum atomic E-state index is -0.408. The number of hydrogen-bond donors (Lipinski definition) is 0. The van der Waals surface area contributed by atoms with E-state index in [9.17, 15) is 4.79 Å². The largest absolute Gasteiger partial charge is 0.415 e. The van der Waals surface area contributed by atoms with Gasteiger partial charge in [0.15, 0.2) is 5.06 Å². The molecule has 0 aliphatic rings. The maximum Gasteiger partial charge on any atom is 0.324 e. The molecule has 0 bridgehead atoms. The van der Waals surface area contributed by atoms with E-state index < -0.39 is 5.92 Å². The van der Waals surface area contributed by atoms with Gasteiger partial charge >= 0.3 is 5.97 Å². The van der Waals surface area contributed by atoms with Crippen molar-refractivity contribution in [1.82, 2.24) is 0 Å². The van der Waals surface area contributed by atoms with Gasteiger partial charge in [-0.2, -0.15) is 0 Å². The zero-order valence-electron chi connectivity index (χ0n) is 11.3. The molecule has 104 valence electrons. The van der Waals surface area contributed by atoms with Crippen molar-refractivity contribution in [2.24, 2.45) is 0 Å². The fraction of sp³-hybridized carbons (Fsp3) is 0.0556. The molecule has 0 saturated carbocycles. The zero-order valence-corrected chi connectivity index (χ0v) is 12.1. The van der Waals surface area contributed by atoms with Crippen molar-refractivity contribution in [1.29, 1.82) is 0 Å². The monoisotopic (exact) mass is 294 g/mol. The van der Waals surface area contributed by atoms with Crippen LogP contribution in [0.3, 0.4) is 0 Å².